The van der Waals surface area contributed by atoms with E-state index in [1.54, 1.807) is 0 Å². The van der Waals surface area contributed by atoms with E-state index >= 15 is 0 Å². The van der Waals surface area contributed by atoms with Crippen LogP contribution < -0.4 is 0 Å². The normalized spacial score (nSPS) is 9.56. The summed E-state index contributed by atoms with van der Waals surface area (Å²) in [7, 11) is 0. The molecular weight excluding hydrogens is 264 g/mol. The summed E-state index contributed by atoms with van der Waals surface area (Å²) in [6.45, 7) is 0. The Kier molecular flexibility index (Phi) is 2.50. The highest BCUT2D eigenvalue weighted by Crippen LogP contribution is 2.21. The molecule has 0 spiro atoms. The fourth-order valence-electron chi connectivity index (χ4n) is 0.529. The van der Waals surface area contributed by atoms with Crippen LogP contribution >= 0.6 is 44.5 Å². The van der Waals surface area contributed by atoms with Crippen molar-refractivity contribution >= 4 is 44.5 Å². The molecule has 0 aliphatic heterocycles. The van der Waals surface area contributed by atoms with Gasteiger partial charge in [0.2, 0.25) is 0 Å². The molecule has 0 amide bonds. The molecule has 0 aliphatic carbocycles. The summed E-state index contributed by atoms with van der Waals surface area (Å²) in [6.07, 6.45) is 0. The SMILES string of the molecule is [S]c1cc(Br)cc(Br)c1. The topological polar surface area (TPSA) is 0 Å². The van der Waals surface area contributed by atoms with Crippen LogP contribution in [-0.4, -0.2) is 0 Å². The molecule has 47 valence electrons. The molecule has 0 unspecified atom stereocenters. The van der Waals surface area contributed by atoms with Gasteiger partial charge in [-0.3, -0.25) is 0 Å². The molecule has 0 saturated carbocycles. The van der Waals surface area contributed by atoms with Gasteiger partial charge in [0.15, 0.2) is 0 Å². The molecule has 0 nitrogen and oxygen atoms in total. The van der Waals surface area contributed by atoms with Crippen LogP contribution in [0.5, 0.6) is 0 Å². The number of halogens is 2. The highest BCUT2D eigenvalue weighted by atomic mass is 79.9. The monoisotopic (exact) mass is 265 g/mol. The van der Waals surface area contributed by atoms with Gasteiger partial charge >= 0.3 is 0 Å². The van der Waals surface area contributed by atoms with Crippen LogP contribution in [0.15, 0.2) is 32.0 Å². The first kappa shape index (κ1) is 7.51. The first-order valence-electron chi connectivity index (χ1n) is 2.31. The highest BCUT2D eigenvalue weighted by Gasteiger charge is 1.91. The summed E-state index contributed by atoms with van der Waals surface area (Å²) in [4.78, 5) is 0.844. The lowest BCUT2D eigenvalue weighted by Crippen LogP contribution is -1.67. The molecule has 0 fully saturated rings. The predicted molar refractivity (Wildman–Crippen MR) is 47.7 cm³/mol. The van der Waals surface area contributed by atoms with Gasteiger partial charge in [-0.2, -0.15) is 0 Å². The van der Waals surface area contributed by atoms with Crippen LogP contribution in [0, 0.1) is 0 Å². The van der Waals surface area contributed by atoms with Gasteiger partial charge in [-0.05, 0) is 18.2 Å². The summed E-state index contributed by atoms with van der Waals surface area (Å²) in [6, 6.07) is 5.73. The van der Waals surface area contributed by atoms with Crippen LogP contribution in [0.25, 0.3) is 0 Å². The van der Waals surface area contributed by atoms with Crippen LogP contribution in [-0.2, 0) is 0 Å². The van der Waals surface area contributed by atoms with Gasteiger partial charge in [-0.25, -0.2) is 0 Å². The molecule has 1 rings (SSSR count). The summed E-state index contributed by atoms with van der Waals surface area (Å²) in [5.74, 6) is 0. The van der Waals surface area contributed by atoms with Crippen LogP contribution in [0.4, 0.5) is 0 Å². The molecule has 0 N–H and O–H groups in total. The molecular formula is C6H3Br2S. The summed E-state index contributed by atoms with van der Waals surface area (Å²) in [5, 5.41) is 0. The summed E-state index contributed by atoms with van der Waals surface area (Å²) >= 11 is 11.6. The lowest BCUT2D eigenvalue weighted by atomic mass is 10.4. The van der Waals surface area contributed by atoms with Crippen LogP contribution in [0.2, 0.25) is 0 Å². The number of benzene rings is 1. The van der Waals surface area contributed by atoms with Crippen molar-refractivity contribution in [3.05, 3.63) is 27.1 Å². The van der Waals surface area contributed by atoms with Crippen LogP contribution in [0.3, 0.4) is 0 Å². The zero-order valence-corrected chi connectivity index (χ0v) is 8.38. The van der Waals surface area contributed by atoms with Gasteiger partial charge in [-0.15, -0.1) is 0 Å². The van der Waals surface area contributed by atoms with Gasteiger partial charge in [0, 0.05) is 13.8 Å². The van der Waals surface area contributed by atoms with Crippen molar-refractivity contribution in [3.63, 3.8) is 0 Å². The van der Waals surface area contributed by atoms with Gasteiger partial charge in [0.1, 0.15) is 0 Å². The van der Waals surface area contributed by atoms with Crippen LogP contribution in [0.1, 0.15) is 0 Å². The van der Waals surface area contributed by atoms with Gasteiger partial charge in [0.25, 0.3) is 0 Å². The Labute approximate surface area is 76.3 Å². The maximum atomic E-state index is 4.93. The van der Waals surface area contributed by atoms with Gasteiger partial charge in [-0.1, -0.05) is 44.5 Å². The average Bonchev–Trinajstić information content (AvgIpc) is 1.59. The predicted octanol–water partition coefficient (Wildman–Crippen LogP) is 3.77. The standard InChI is InChI=1S/C6H3Br2S/c7-4-1-5(8)3-6(9)2-4/h1-3H. The van der Waals surface area contributed by atoms with E-state index in [0.717, 1.165) is 13.8 Å². The molecule has 1 aromatic rings. The second-order valence-electron chi connectivity index (χ2n) is 1.61. The molecule has 0 bridgehead atoms. The molecule has 3 heteroatoms. The van der Waals surface area contributed by atoms with Crippen molar-refractivity contribution in [2.75, 3.05) is 0 Å². The molecule has 0 atom stereocenters. The smallest absolute Gasteiger partial charge is 0.0399 e. The second-order valence-corrected chi connectivity index (χ2v) is 3.91. The van der Waals surface area contributed by atoms with E-state index in [1.807, 2.05) is 18.2 Å². The molecule has 9 heavy (non-hydrogen) atoms. The minimum Gasteiger partial charge on any atom is -0.0800 e. The van der Waals surface area contributed by atoms with E-state index in [1.165, 1.54) is 0 Å². The number of rotatable bonds is 0. The Balaban J connectivity index is 3.17. The van der Waals surface area contributed by atoms with Crippen molar-refractivity contribution in [2.24, 2.45) is 0 Å². The van der Waals surface area contributed by atoms with E-state index in [2.05, 4.69) is 31.9 Å². The Morgan fingerprint density at radius 1 is 1.00 bits per heavy atom. The molecule has 0 aromatic heterocycles. The van der Waals surface area contributed by atoms with Crippen molar-refractivity contribution in [1.82, 2.24) is 0 Å². The fraction of sp³-hybridized carbons (Fsp3) is 0. The largest absolute Gasteiger partial charge is 0.0800 e. The van der Waals surface area contributed by atoms with E-state index in [-0.39, 0.29) is 0 Å². The average molecular weight is 267 g/mol. The first-order chi connectivity index (χ1) is 4.18. The van der Waals surface area contributed by atoms with Crippen molar-refractivity contribution in [2.45, 2.75) is 4.90 Å². The lowest BCUT2D eigenvalue weighted by Gasteiger charge is -1.92. The third-order valence-corrected chi connectivity index (χ3v) is 1.99. The third-order valence-electron chi connectivity index (χ3n) is 0.836. The zero-order valence-electron chi connectivity index (χ0n) is 4.40. The van der Waals surface area contributed by atoms with E-state index in [4.69, 9.17) is 12.6 Å². The number of hydrogen-bond acceptors (Lipinski definition) is 0. The zero-order chi connectivity index (χ0) is 6.85. The van der Waals surface area contributed by atoms with Crippen molar-refractivity contribution < 1.29 is 0 Å². The number of hydrogen-bond donors (Lipinski definition) is 0. The lowest BCUT2D eigenvalue weighted by molar-refractivity contribution is 1.42. The molecule has 1 radical (unpaired) electrons. The Morgan fingerprint density at radius 2 is 1.44 bits per heavy atom. The van der Waals surface area contributed by atoms with Gasteiger partial charge in [0.05, 0.1) is 0 Å². The van der Waals surface area contributed by atoms with Crippen molar-refractivity contribution in [1.29, 1.82) is 0 Å². The Hall–Kier alpha value is 0.400. The Morgan fingerprint density at radius 3 is 1.78 bits per heavy atom. The first-order valence-corrected chi connectivity index (χ1v) is 4.31. The quantitative estimate of drug-likeness (QED) is 0.671. The maximum Gasteiger partial charge on any atom is 0.0399 e. The second kappa shape index (κ2) is 2.99. The summed E-state index contributed by atoms with van der Waals surface area (Å²) in [5.41, 5.74) is 0. The van der Waals surface area contributed by atoms with Gasteiger partial charge < -0.3 is 0 Å². The Bertz CT molecular complexity index is 172. The van der Waals surface area contributed by atoms with E-state index < -0.39 is 0 Å². The molecule has 0 saturated heterocycles. The molecule has 0 aliphatic rings. The maximum absolute atomic E-state index is 4.93. The van der Waals surface area contributed by atoms with Crippen molar-refractivity contribution in [3.8, 4) is 0 Å². The van der Waals surface area contributed by atoms with E-state index in [9.17, 15) is 0 Å². The highest BCUT2D eigenvalue weighted by molar-refractivity contribution is 9.11. The molecule has 1 aromatic carbocycles. The van der Waals surface area contributed by atoms with E-state index in [0.29, 0.717) is 0 Å². The summed E-state index contributed by atoms with van der Waals surface area (Å²) < 4.78 is 2.03. The third kappa shape index (κ3) is 2.24. The minimum absolute atomic E-state index is 0.844. The molecule has 0 heterocycles. The fourth-order valence-corrected chi connectivity index (χ4v) is 2.38. The minimum atomic E-state index is 0.844.